The van der Waals surface area contributed by atoms with Gasteiger partial charge in [0.1, 0.15) is 16.2 Å². The predicted octanol–water partition coefficient (Wildman–Crippen LogP) is 2.32. The van der Waals surface area contributed by atoms with Crippen LogP contribution in [0, 0.1) is 0 Å². The second-order valence-electron chi connectivity index (χ2n) is 4.53. The molecule has 1 N–H and O–H groups in total. The van der Waals surface area contributed by atoms with Crippen molar-refractivity contribution < 1.29 is 4.79 Å². The highest BCUT2D eigenvalue weighted by molar-refractivity contribution is 9.10. The zero-order valence-electron chi connectivity index (χ0n) is 11.9. The highest BCUT2D eigenvalue weighted by Gasteiger charge is 2.14. The van der Waals surface area contributed by atoms with Crippen molar-refractivity contribution in [3.8, 4) is 0 Å². The fourth-order valence-electron chi connectivity index (χ4n) is 1.62. The summed E-state index contributed by atoms with van der Waals surface area (Å²) in [5.41, 5.74) is 0. The minimum absolute atomic E-state index is 0.00480. The third-order valence-electron chi connectivity index (χ3n) is 2.63. The first-order chi connectivity index (χ1) is 8.97. The number of anilines is 1. The number of hydrogen-bond acceptors (Lipinski definition) is 4. The van der Waals surface area contributed by atoms with Crippen molar-refractivity contribution in [1.29, 1.82) is 0 Å². The van der Waals surface area contributed by atoms with Crippen LogP contribution in [0.15, 0.2) is 10.7 Å². The number of rotatable bonds is 6. The number of likely N-dealkylation sites (N-methyl/N-ethyl adjacent to an activating group) is 2. The Labute approximate surface area is 122 Å². The van der Waals surface area contributed by atoms with Crippen LogP contribution in [0.4, 0.5) is 5.82 Å². The van der Waals surface area contributed by atoms with Crippen LogP contribution in [0.1, 0.15) is 39.4 Å². The quantitative estimate of drug-likeness (QED) is 0.814. The summed E-state index contributed by atoms with van der Waals surface area (Å²) >= 11 is 3.40. The molecule has 6 heteroatoms. The van der Waals surface area contributed by atoms with E-state index in [-0.39, 0.29) is 11.8 Å². The minimum atomic E-state index is 0.00480. The van der Waals surface area contributed by atoms with Gasteiger partial charge >= 0.3 is 0 Å². The number of nitrogens with zero attached hydrogens (tertiary/aromatic N) is 3. The molecule has 1 amide bonds. The van der Waals surface area contributed by atoms with Gasteiger partial charge in [0.2, 0.25) is 5.91 Å². The third-order valence-corrected chi connectivity index (χ3v) is 3.04. The van der Waals surface area contributed by atoms with Gasteiger partial charge in [-0.05, 0) is 29.8 Å². The summed E-state index contributed by atoms with van der Waals surface area (Å²) in [6, 6.07) is 1.84. The molecule has 5 nitrogen and oxygen atoms in total. The van der Waals surface area contributed by atoms with Gasteiger partial charge in [-0.25, -0.2) is 9.97 Å². The lowest BCUT2D eigenvalue weighted by atomic mass is 10.2. The van der Waals surface area contributed by atoms with E-state index in [0.717, 1.165) is 22.8 Å². The summed E-state index contributed by atoms with van der Waals surface area (Å²) in [6.07, 6.45) is 0. The second kappa shape index (κ2) is 7.43. The molecule has 0 unspecified atom stereocenters. The summed E-state index contributed by atoms with van der Waals surface area (Å²) in [5.74, 6) is 1.81. The van der Waals surface area contributed by atoms with E-state index in [0.29, 0.717) is 13.1 Å². The molecule has 0 radical (unpaired) electrons. The molecule has 0 saturated heterocycles. The summed E-state index contributed by atoms with van der Waals surface area (Å²) < 4.78 is 0.746. The second-order valence-corrected chi connectivity index (χ2v) is 5.34. The van der Waals surface area contributed by atoms with E-state index < -0.39 is 0 Å². The smallest absolute Gasteiger partial charge is 0.239 e. The van der Waals surface area contributed by atoms with Crippen LogP contribution < -0.4 is 10.2 Å². The van der Waals surface area contributed by atoms with Crippen LogP contribution >= 0.6 is 15.9 Å². The Balaban J connectivity index is 2.94. The number of amides is 1. The lowest BCUT2D eigenvalue weighted by Gasteiger charge is -2.22. The third kappa shape index (κ3) is 4.78. The maximum Gasteiger partial charge on any atom is 0.239 e. The van der Waals surface area contributed by atoms with Gasteiger partial charge in [-0.3, -0.25) is 4.79 Å². The van der Waals surface area contributed by atoms with Crippen LogP contribution in [0.3, 0.4) is 0 Å². The molecule has 0 spiro atoms. The van der Waals surface area contributed by atoms with Gasteiger partial charge in [0, 0.05) is 25.1 Å². The summed E-state index contributed by atoms with van der Waals surface area (Å²) in [4.78, 5) is 22.5. The Hall–Kier alpha value is -1.17. The highest BCUT2D eigenvalue weighted by atomic mass is 79.9. The standard InChI is InChI=1S/C13H21BrN4O/c1-5-15-12(19)8-18(6-2)11-7-10(14)16-13(17-11)9(3)4/h7,9H,5-6,8H2,1-4H3,(H,15,19). The number of hydrogen-bond donors (Lipinski definition) is 1. The van der Waals surface area contributed by atoms with Gasteiger partial charge in [0.25, 0.3) is 0 Å². The number of nitrogens with one attached hydrogen (secondary N) is 1. The molecule has 0 atom stereocenters. The number of carbonyl (C=O) groups is 1. The molecule has 1 aromatic heterocycles. The van der Waals surface area contributed by atoms with E-state index in [1.165, 1.54) is 0 Å². The molecule has 1 rings (SSSR count). The number of carbonyl (C=O) groups excluding carboxylic acids is 1. The van der Waals surface area contributed by atoms with Crippen LogP contribution in [0.2, 0.25) is 0 Å². The van der Waals surface area contributed by atoms with Crippen molar-refractivity contribution in [1.82, 2.24) is 15.3 Å². The molecule has 0 aromatic carbocycles. The molecule has 0 fully saturated rings. The largest absolute Gasteiger partial charge is 0.355 e. The lowest BCUT2D eigenvalue weighted by molar-refractivity contribution is -0.119. The summed E-state index contributed by atoms with van der Waals surface area (Å²) in [7, 11) is 0. The first-order valence-corrected chi connectivity index (χ1v) is 7.33. The molecular weight excluding hydrogens is 308 g/mol. The van der Waals surface area contributed by atoms with Gasteiger partial charge in [0.15, 0.2) is 0 Å². The summed E-state index contributed by atoms with van der Waals surface area (Å²) in [5, 5.41) is 2.80. The van der Waals surface area contributed by atoms with Crippen molar-refractivity contribution in [2.75, 3.05) is 24.5 Å². The van der Waals surface area contributed by atoms with Gasteiger partial charge < -0.3 is 10.2 Å². The molecule has 1 heterocycles. The molecule has 0 bridgehead atoms. The Bertz CT molecular complexity index is 437. The van der Waals surface area contributed by atoms with Crippen molar-refractivity contribution in [2.45, 2.75) is 33.6 Å². The summed E-state index contributed by atoms with van der Waals surface area (Å²) in [6.45, 7) is 9.68. The van der Waals surface area contributed by atoms with E-state index in [9.17, 15) is 4.79 Å². The molecule has 0 aliphatic rings. The first-order valence-electron chi connectivity index (χ1n) is 6.54. The molecular formula is C13H21BrN4O. The molecule has 0 saturated carbocycles. The molecule has 0 aliphatic heterocycles. The molecule has 106 valence electrons. The van der Waals surface area contributed by atoms with E-state index in [2.05, 4.69) is 31.2 Å². The van der Waals surface area contributed by atoms with Crippen molar-refractivity contribution >= 4 is 27.7 Å². The lowest BCUT2D eigenvalue weighted by Crippen LogP contribution is -2.37. The van der Waals surface area contributed by atoms with E-state index in [1.807, 2.05) is 38.7 Å². The van der Waals surface area contributed by atoms with Gasteiger partial charge in [-0.2, -0.15) is 0 Å². The first kappa shape index (κ1) is 15.9. The van der Waals surface area contributed by atoms with E-state index in [1.54, 1.807) is 0 Å². The normalized spacial score (nSPS) is 10.6. The Kier molecular flexibility index (Phi) is 6.21. The Morgan fingerprint density at radius 3 is 2.63 bits per heavy atom. The van der Waals surface area contributed by atoms with Gasteiger partial charge in [-0.1, -0.05) is 13.8 Å². The van der Waals surface area contributed by atoms with E-state index in [4.69, 9.17) is 0 Å². The zero-order valence-corrected chi connectivity index (χ0v) is 13.5. The number of halogens is 1. The van der Waals surface area contributed by atoms with Gasteiger partial charge in [0.05, 0.1) is 6.54 Å². The topological polar surface area (TPSA) is 58.1 Å². The fourth-order valence-corrected chi connectivity index (χ4v) is 2.01. The maximum atomic E-state index is 11.7. The van der Waals surface area contributed by atoms with Gasteiger partial charge in [-0.15, -0.1) is 0 Å². The van der Waals surface area contributed by atoms with Crippen LogP contribution in [0.25, 0.3) is 0 Å². The van der Waals surface area contributed by atoms with Crippen LogP contribution in [-0.2, 0) is 4.79 Å². The Morgan fingerprint density at radius 1 is 1.42 bits per heavy atom. The number of aromatic nitrogens is 2. The minimum Gasteiger partial charge on any atom is -0.355 e. The highest BCUT2D eigenvalue weighted by Crippen LogP contribution is 2.20. The van der Waals surface area contributed by atoms with Crippen LogP contribution in [-0.4, -0.2) is 35.5 Å². The SMILES string of the molecule is CCNC(=O)CN(CC)c1cc(Br)nc(C(C)C)n1. The van der Waals surface area contributed by atoms with Crippen molar-refractivity contribution in [3.05, 3.63) is 16.5 Å². The predicted molar refractivity (Wildman–Crippen MR) is 80.4 cm³/mol. The Morgan fingerprint density at radius 2 is 2.11 bits per heavy atom. The fraction of sp³-hybridized carbons (Fsp3) is 0.615. The average molecular weight is 329 g/mol. The van der Waals surface area contributed by atoms with E-state index >= 15 is 0 Å². The van der Waals surface area contributed by atoms with Crippen molar-refractivity contribution in [2.24, 2.45) is 0 Å². The molecule has 0 aliphatic carbocycles. The monoisotopic (exact) mass is 328 g/mol. The zero-order chi connectivity index (χ0) is 14.4. The van der Waals surface area contributed by atoms with Crippen molar-refractivity contribution in [3.63, 3.8) is 0 Å². The molecule has 1 aromatic rings. The maximum absolute atomic E-state index is 11.7. The average Bonchev–Trinajstić information content (AvgIpc) is 2.35. The van der Waals surface area contributed by atoms with Crippen LogP contribution in [0.5, 0.6) is 0 Å². The molecule has 19 heavy (non-hydrogen) atoms.